The smallest absolute Gasteiger partial charge is 0.336 e. The molecule has 0 aliphatic heterocycles. The van der Waals surface area contributed by atoms with Crippen molar-refractivity contribution >= 4 is 61.6 Å². The van der Waals surface area contributed by atoms with Gasteiger partial charge in [-0.25, -0.2) is 13.2 Å². The Kier molecular flexibility index (Phi) is 6.71. The fraction of sp³-hybridized carbons (Fsp3) is 0.0400. The number of nitrogens with two attached hydrogens (primary N) is 1. The highest BCUT2D eigenvalue weighted by molar-refractivity contribution is 7.92. The zero-order valence-electron chi connectivity index (χ0n) is 18.0. The van der Waals surface area contributed by atoms with Gasteiger partial charge in [0.25, 0.3) is 10.0 Å². The fourth-order valence-electron chi connectivity index (χ4n) is 3.78. The lowest BCUT2D eigenvalue weighted by molar-refractivity contribution is 0.0696. The lowest BCUT2D eigenvalue weighted by atomic mass is 9.92. The maximum atomic E-state index is 13.1. The van der Waals surface area contributed by atoms with Gasteiger partial charge in [0.05, 0.1) is 16.1 Å². The van der Waals surface area contributed by atoms with Crippen molar-refractivity contribution in [2.45, 2.75) is 11.3 Å². The average Bonchev–Trinajstić information content (AvgIpc) is 2.80. The molecule has 0 aromatic heterocycles. The van der Waals surface area contributed by atoms with Crippen molar-refractivity contribution in [2.24, 2.45) is 5.73 Å². The molecule has 0 unspecified atom stereocenters. The molecule has 4 rings (SSSR count). The molecule has 0 aliphatic rings. The Morgan fingerprint density at radius 1 is 0.886 bits per heavy atom. The van der Waals surface area contributed by atoms with Crippen molar-refractivity contribution in [1.29, 1.82) is 0 Å². The van der Waals surface area contributed by atoms with E-state index in [0.29, 0.717) is 21.9 Å². The van der Waals surface area contributed by atoms with Crippen LogP contribution in [0.4, 0.5) is 5.69 Å². The van der Waals surface area contributed by atoms with E-state index in [1.807, 2.05) is 0 Å². The number of rotatable bonds is 7. The number of sulfonamides is 1. The van der Waals surface area contributed by atoms with Crippen LogP contribution in [0.1, 0.15) is 31.8 Å². The van der Waals surface area contributed by atoms with E-state index in [-0.39, 0.29) is 32.6 Å². The van der Waals surface area contributed by atoms with E-state index in [9.17, 15) is 23.1 Å². The van der Waals surface area contributed by atoms with Crippen LogP contribution in [0.15, 0.2) is 77.7 Å². The number of hydrogen-bond donors (Lipinski definition) is 3. The molecular formula is C25H18Cl2N2O5S. The number of fused-ring (bicyclic) bond motifs is 1. The first-order chi connectivity index (χ1) is 16.5. The van der Waals surface area contributed by atoms with Crippen molar-refractivity contribution in [2.75, 3.05) is 4.72 Å². The van der Waals surface area contributed by atoms with Crippen LogP contribution in [-0.4, -0.2) is 25.4 Å². The first-order valence-electron chi connectivity index (χ1n) is 10.2. The topological polar surface area (TPSA) is 127 Å². The molecule has 0 heterocycles. The highest BCUT2D eigenvalue weighted by Gasteiger charge is 2.22. The standard InChI is InChI=1S/C25H18Cl2N2O5S/c26-16-10-17(27)12-18(11-16)35(33,34)29-23-13-22(25(31)32)21(19-3-1-2-4-20(19)23)9-14-5-7-15(8-6-14)24(28)30/h1-8,10-13,29H,9H2,(H2,28,30)(H,31,32). The molecule has 4 aromatic rings. The van der Waals surface area contributed by atoms with Gasteiger partial charge in [0.1, 0.15) is 0 Å². The number of carbonyl (C=O) groups excluding carboxylic acids is 1. The number of carbonyl (C=O) groups is 2. The first kappa shape index (κ1) is 24.5. The van der Waals surface area contributed by atoms with E-state index < -0.39 is 21.9 Å². The largest absolute Gasteiger partial charge is 0.478 e. The molecule has 35 heavy (non-hydrogen) atoms. The number of benzene rings is 4. The van der Waals surface area contributed by atoms with Crippen molar-refractivity contribution in [3.63, 3.8) is 0 Å². The zero-order valence-corrected chi connectivity index (χ0v) is 20.3. The highest BCUT2D eigenvalue weighted by Crippen LogP contribution is 2.34. The molecule has 0 atom stereocenters. The summed E-state index contributed by atoms with van der Waals surface area (Å²) in [5.41, 5.74) is 6.91. The third-order valence-corrected chi connectivity index (χ3v) is 7.18. The number of aromatic carboxylic acids is 1. The number of hydrogen-bond acceptors (Lipinski definition) is 4. The van der Waals surface area contributed by atoms with Gasteiger partial charge in [-0.05, 0) is 59.3 Å². The summed E-state index contributed by atoms with van der Waals surface area (Å²) >= 11 is 11.9. The summed E-state index contributed by atoms with van der Waals surface area (Å²) in [5.74, 6) is -1.78. The Balaban J connectivity index is 1.83. The van der Waals surface area contributed by atoms with E-state index in [2.05, 4.69) is 4.72 Å². The van der Waals surface area contributed by atoms with Crippen LogP contribution in [0.2, 0.25) is 10.0 Å². The normalized spacial score (nSPS) is 11.4. The van der Waals surface area contributed by atoms with Crippen molar-refractivity contribution in [1.82, 2.24) is 0 Å². The van der Waals surface area contributed by atoms with Gasteiger partial charge in [0, 0.05) is 21.0 Å². The maximum absolute atomic E-state index is 13.1. The van der Waals surface area contributed by atoms with E-state index >= 15 is 0 Å². The Labute approximate surface area is 211 Å². The summed E-state index contributed by atoms with van der Waals surface area (Å²) in [5, 5.41) is 11.3. The van der Waals surface area contributed by atoms with Gasteiger partial charge in [0.2, 0.25) is 5.91 Å². The molecule has 0 saturated heterocycles. The van der Waals surface area contributed by atoms with Gasteiger partial charge in [-0.1, -0.05) is 59.6 Å². The minimum Gasteiger partial charge on any atom is -0.478 e. The third kappa shape index (κ3) is 5.24. The summed E-state index contributed by atoms with van der Waals surface area (Å²) in [6.45, 7) is 0. The van der Waals surface area contributed by atoms with E-state index in [0.717, 1.165) is 5.56 Å². The molecule has 0 radical (unpaired) electrons. The van der Waals surface area contributed by atoms with Crippen LogP contribution >= 0.6 is 23.2 Å². The van der Waals surface area contributed by atoms with Gasteiger partial charge >= 0.3 is 5.97 Å². The maximum Gasteiger partial charge on any atom is 0.336 e. The van der Waals surface area contributed by atoms with Crippen LogP contribution in [0.5, 0.6) is 0 Å². The molecule has 1 amide bonds. The van der Waals surface area contributed by atoms with Crippen LogP contribution in [0.3, 0.4) is 0 Å². The van der Waals surface area contributed by atoms with Crippen LogP contribution in [0.25, 0.3) is 10.8 Å². The Morgan fingerprint density at radius 3 is 2.06 bits per heavy atom. The number of halogens is 2. The highest BCUT2D eigenvalue weighted by atomic mass is 35.5. The fourth-order valence-corrected chi connectivity index (χ4v) is 5.58. The predicted octanol–water partition coefficient (Wildman–Crippen LogP) is 5.34. The van der Waals surface area contributed by atoms with Gasteiger partial charge < -0.3 is 10.8 Å². The van der Waals surface area contributed by atoms with Gasteiger partial charge in [-0.15, -0.1) is 0 Å². The summed E-state index contributed by atoms with van der Waals surface area (Å²) in [6.07, 6.45) is 0.234. The molecule has 0 bridgehead atoms. The number of anilines is 1. The van der Waals surface area contributed by atoms with Crippen LogP contribution < -0.4 is 10.5 Å². The molecule has 0 spiro atoms. The predicted molar refractivity (Wildman–Crippen MR) is 136 cm³/mol. The number of amides is 1. The summed E-state index contributed by atoms with van der Waals surface area (Å²) < 4.78 is 28.6. The summed E-state index contributed by atoms with van der Waals surface area (Å²) in [7, 11) is -4.13. The Hall–Kier alpha value is -3.59. The van der Waals surface area contributed by atoms with Gasteiger partial charge in [-0.3, -0.25) is 9.52 Å². The minimum absolute atomic E-state index is 0.0653. The molecular weight excluding hydrogens is 511 g/mol. The van der Waals surface area contributed by atoms with E-state index in [1.165, 1.54) is 24.3 Å². The Morgan fingerprint density at radius 2 is 1.49 bits per heavy atom. The van der Waals surface area contributed by atoms with Crippen LogP contribution in [0, 0.1) is 0 Å². The SMILES string of the molecule is NC(=O)c1ccc(Cc2c(C(=O)O)cc(NS(=O)(=O)c3cc(Cl)cc(Cl)c3)c3ccccc23)cc1. The monoisotopic (exact) mass is 528 g/mol. The van der Waals surface area contributed by atoms with Crippen LogP contribution in [-0.2, 0) is 16.4 Å². The second-order valence-corrected chi connectivity index (χ2v) is 10.3. The van der Waals surface area contributed by atoms with Crippen molar-refractivity contribution in [3.05, 3.63) is 105 Å². The average molecular weight is 529 g/mol. The summed E-state index contributed by atoms with van der Waals surface area (Å²) in [6, 6.07) is 18.6. The van der Waals surface area contributed by atoms with E-state index in [1.54, 1.807) is 48.5 Å². The molecule has 4 N–H and O–H groups in total. The Bertz CT molecular complexity index is 1570. The van der Waals surface area contributed by atoms with Crippen molar-refractivity contribution in [3.8, 4) is 0 Å². The molecule has 7 nitrogen and oxygen atoms in total. The lowest BCUT2D eigenvalue weighted by Gasteiger charge is -2.17. The van der Waals surface area contributed by atoms with E-state index in [4.69, 9.17) is 28.9 Å². The minimum atomic E-state index is -4.13. The molecule has 10 heteroatoms. The number of carboxylic acid groups (broad SMARTS) is 1. The molecule has 178 valence electrons. The zero-order chi connectivity index (χ0) is 25.3. The number of primary amides is 1. The summed E-state index contributed by atoms with van der Waals surface area (Å²) in [4.78, 5) is 23.4. The molecule has 4 aromatic carbocycles. The second-order valence-electron chi connectivity index (χ2n) is 7.75. The third-order valence-electron chi connectivity index (χ3n) is 5.40. The molecule has 0 aliphatic carbocycles. The number of nitrogens with one attached hydrogen (secondary N) is 1. The lowest BCUT2D eigenvalue weighted by Crippen LogP contribution is -2.15. The van der Waals surface area contributed by atoms with Crippen molar-refractivity contribution < 1.29 is 23.1 Å². The number of carboxylic acids is 1. The van der Waals surface area contributed by atoms with Gasteiger partial charge in [-0.2, -0.15) is 0 Å². The van der Waals surface area contributed by atoms with Gasteiger partial charge in [0.15, 0.2) is 0 Å². The first-order valence-corrected chi connectivity index (χ1v) is 12.4. The second kappa shape index (κ2) is 9.58. The molecule has 0 fully saturated rings. The quantitative estimate of drug-likeness (QED) is 0.298. The molecule has 0 saturated carbocycles.